The fraction of sp³-hybridized carbons (Fsp3) is 0.450. The van der Waals surface area contributed by atoms with E-state index in [9.17, 15) is 13.2 Å². The lowest BCUT2D eigenvalue weighted by molar-refractivity contribution is -0.134. The number of aryl methyl sites for hydroxylation is 1. The maximum Gasteiger partial charge on any atom is 0.252 e. The summed E-state index contributed by atoms with van der Waals surface area (Å²) in [6.07, 6.45) is 5.06. The average molecular weight is 405 g/mol. The maximum atomic E-state index is 13.2. The van der Waals surface area contributed by atoms with Crippen molar-refractivity contribution in [3.8, 4) is 0 Å². The number of nitrogens with zero attached hydrogens (tertiary/aromatic N) is 2. The molecular formula is C20H24N2O3S2. The molecule has 2 aromatic rings. The molecule has 2 aliphatic rings. The first kappa shape index (κ1) is 18.7. The van der Waals surface area contributed by atoms with Crippen LogP contribution in [0.5, 0.6) is 0 Å². The van der Waals surface area contributed by atoms with Crippen molar-refractivity contribution in [2.75, 3.05) is 13.6 Å². The van der Waals surface area contributed by atoms with E-state index in [4.69, 9.17) is 0 Å². The number of carbonyl (C=O) groups excluding carboxylic acids is 1. The smallest absolute Gasteiger partial charge is 0.252 e. The van der Waals surface area contributed by atoms with Crippen LogP contribution in [-0.2, 0) is 21.2 Å². The van der Waals surface area contributed by atoms with Crippen LogP contribution in [0.2, 0.25) is 0 Å². The minimum absolute atomic E-state index is 0.0628. The van der Waals surface area contributed by atoms with Crippen molar-refractivity contribution in [2.24, 2.45) is 0 Å². The van der Waals surface area contributed by atoms with E-state index in [2.05, 4.69) is 12.1 Å². The first-order chi connectivity index (χ1) is 13.0. The minimum Gasteiger partial charge on any atom is -0.332 e. The Bertz CT molecular complexity index is 920. The molecule has 0 spiro atoms. The van der Waals surface area contributed by atoms with Crippen molar-refractivity contribution < 1.29 is 13.2 Å². The van der Waals surface area contributed by atoms with Gasteiger partial charge in [0.1, 0.15) is 4.21 Å². The number of fused-ring (bicyclic) bond motifs is 1. The van der Waals surface area contributed by atoms with E-state index in [0.29, 0.717) is 0 Å². The molecule has 1 unspecified atom stereocenters. The van der Waals surface area contributed by atoms with Gasteiger partial charge < -0.3 is 4.90 Å². The molecule has 0 N–H and O–H groups in total. The predicted octanol–water partition coefficient (Wildman–Crippen LogP) is 3.44. The second-order valence-electron chi connectivity index (χ2n) is 7.33. The first-order valence-electron chi connectivity index (χ1n) is 9.37. The zero-order chi connectivity index (χ0) is 19.0. The number of rotatable bonds is 6. The van der Waals surface area contributed by atoms with Gasteiger partial charge in [0.15, 0.2) is 0 Å². The Morgan fingerprint density at radius 3 is 2.63 bits per heavy atom. The molecule has 0 radical (unpaired) electrons. The fourth-order valence-electron chi connectivity index (χ4n) is 3.92. The average Bonchev–Trinajstić information content (AvgIpc) is 3.32. The summed E-state index contributed by atoms with van der Waals surface area (Å²) in [5.41, 5.74) is 2.54. The second-order valence-corrected chi connectivity index (χ2v) is 10.6. The third-order valence-electron chi connectivity index (χ3n) is 5.42. The molecule has 1 fully saturated rings. The number of amides is 1. The molecule has 0 bridgehead atoms. The summed E-state index contributed by atoms with van der Waals surface area (Å²) in [7, 11) is -2.12. The Hall–Kier alpha value is -1.70. The van der Waals surface area contributed by atoms with E-state index in [1.807, 2.05) is 17.0 Å². The fourth-order valence-corrected chi connectivity index (χ4v) is 6.24. The monoisotopic (exact) mass is 404 g/mol. The number of likely N-dealkylation sites (N-methyl/N-ethyl adjacent to an activating group) is 1. The van der Waals surface area contributed by atoms with Crippen molar-refractivity contribution >= 4 is 27.3 Å². The van der Waals surface area contributed by atoms with Gasteiger partial charge in [-0.1, -0.05) is 30.3 Å². The van der Waals surface area contributed by atoms with Crippen LogP contribution in [0.3, 0.4) is 0 Å². The van der Waals surface area contributed by atoms with Crippen molar-refractivity contribution in [1.82, 2.24) is 9.21 Å². The van der Waals surface area contributed by atoms with E-state index < -0.39 is 10.0 Å². The SMILES string of the molecule is CN(CC(=O)N(C1CC1)C1CCCc2ccccc21)S(=O)(=O)c1cccs1. The molecule has 144 valence electrons. The number of thiophene rings is 1. The van der Waals surface area contributed by atoms with Gasteiger partial charge in [0.25, 0.3) is 10.0 Å². The van der Waals surface area contributed by atoms with Gasteiger partial charge in [-0.2, -0.15) is 4.31 Å². The van der Waals surface area contributed by atoms with E-state index >= 15 is 0 Å². The molecule has 5 nitrogen and oxygen atoms in total. The number of benzene rings is 1. The van der Waals surface area contributed by atoms with Crippen LogP contribution < -0.4 is 0 Å². The molecule has 0 aliphatic heterocycles. The molecule has 1 aromatic carbocycles. The molecule has 1 atom stereocenters. The van der Waals surface area contributed by atoms with Crippen LogP contribution in [0.1, 0.15) is 42.9 Å². The summed E-state index contributed by atoms with van der Waals surface area (Å²) in [5.74, 6) is -0.0955. The Labute approximate surface area is 164 Å². The lowest BCUT2D eigenvalue weighted by atomic mass is 9.86. The summed E-state index contributed by atoms with van der Waals surface area (Å²) >= 11 is 1.18. The summed E-state index contributed by atoms with van der Waals surface area (Å²) in [6, 6.07) is 11.9. The molecule has 27 heavy (non-hydrogen) atoms. The summed E-state index contributed by atoms with van der Waals surface area (Å²) in [5, 5.41) is 1.73. The van der Waals surface area contributed by atoms with Gasteiger partial charge in [-0.25, -0.2) is 8.42 Å². The Morgan fingerprint density at radius 2 is 1.93 bits per heavy atom. The van der Waals surface area contributed by atoms with Gasteiger partial charge in [0.2, 0.25) is 5.91 Å². The highest BCUT2D eigenvalue weighted by atomic mass is 32.2. The van der Waals surface area contributed by atoms with Crippen molar-refractivity contribution in [1.29, 1.82) is 0 Å². The Balaban J connectivity index is 1.56. The third kappa shape index (κ3) is 3.68. The Kier molecular flexibility index (Phi) is 5.09. The van der Waals surface area contributed by atoms with Gasteiger partial charge in [0.05, 0.1) is 12.6 Å². The summed E-state index contributed by atoms with van der Waals surface area (Å²) in [4.78, 5) is 15.2. The second kappa shape index (κ2) is 7.37. The number of carbonyl (C=O) groups is 1. The molecule has 1 saturated carbocycles. The lowest BCUT2D eigenvalue weighted by Crippen LogP contribution is -2.44. The van der Waals surface area contributed by atoms with Gasteiger partial charge >= 0.3 is 0 Å². The number of hydrogen-bond donors (Lipinski definition) is 0. The number of hydrogen-bond acceptors (Lipinski definition) is 4. The van der Waals surface area contributed by atoms with Crippen LogP contribution in [0.25, 0.3) is 0 Å². The molecule has 1 heterocycles. The van der Waals surface area contributed by atoms with Gasteiger partial charge in [-0.3, -0.25) is 4.79 Å². The molecule has 7 heteroatoms. The van der Waals surface area contributed by atoms with Crippen molar-refractivity contribution in [2.45, 2.75) is 48.4 Å². The van der Waals surface area contributed by atoms with Gasteiger partial charge in [0, 0.05) is 13.1 Å². The van der Waals surface area contributed by atoms with Crippen LogP contribution in [-0.4, -0.2) is 43.2 Å². The molecule has 0 saturated heterocycles. The van der Waals surface area contributed by atoms with Crippen LogP contribution in [0, 0.1) is 0 Å². The highest BCUT2D eigenvalue weighted by Gasteiger charge is 2.40. The van der Waals surface area contributed by atoms with Crippen molar-refractivity contribution in [3.63, 3.8) is 0 Å². The highest BCUT2D eigenvalue weighted by Crippen LogP contribution is 2.41. The zero-order valence-corrected chi connectivity index (χ0v) is 17.0. The standard InChI is InChI=1S/C20H24N2O3S2/c1-21(27(24,25)20-10-5-13-26-20)14-19(23)22(16-11-12-16)18-9-4-7-15-6-2-3-8-17(15)18/h2-3,5-6,8,10,13,16,18H,4,7,9,11-12,14H2,1H3. The van der Waals surface area contributed by atoms with Gasteiger partial charge in [-0.05, 0) is 54.7 Å². The molecule has 4 rings (SSSR count). The van der Waals surface area contributed by atoms with E-state index in [0.717, 1.165) is 32.1 Å². The van der Waals surface area contributed by atoms with Crippen LogP contribution >= 0.6 is 11.3 Å². The largest absolute Gasteiger partial charge is 0.332 e. The van der Waals surface area contributed by atoms with Crippen LogP contribution in [0.4, 0.5) is 0 Å². The van der Waals surface area contributed by atoms with E-state index in [-0.39, 0.29) is 28.7 Å². The number of sulfonamides is 1. The van der Waals surface area contributed by atoms with Crippen LogP contribution in [0.15, 0.2) is 46.0 Å². The summed E-state index contributed by atoms with van der Waals surface area (Å²) < 4.78 is 26.8. The highest BCUT2D eigenvalue weighted by molar-refractivity contribution is 7.91. The molecule has 1 aromatic heterocycles. The maximum absolute atomic E-state index is 13.2. The van der Waals surface area contributed by atoms with Crippen molar-refractivity contribution in [3.05, 3.63) is 52.9 Å². The normalized spacial score (nSPS) is 19.7. The van der Waals surface area contributed by atoms with E-state index in [1.165, 1.54) is 33.8 Å². The quantitative estimate of drug-likeness (QED) is 0.741. The minimum atomic E-state index is -3.62. The first-order valence-corrected chi connectivity index (χ1v) is 11.7. The molecule has 1 amide bonds. The predicted molar refractivity (Wildman–Crippen MR) is 106 cm³/mol. The Morgan fingerprint density at radius 1 is 1.15 bits per heavy atom. The zero-order valence-electron chi connectivity index (χ0n) is 15.4. The third-order valence-corrected chi connectivity index (χ3v) is 8.60. The topological polar surface area (TPSA) is 57.7 Å². The van der Waals surface area contributed by atoms with E-state index in [1.54, 1.807) is 17.5 Å². The molecular weight excluding hydrogens is 380 g/mol. The van der Waals surface area contributed by atoms with Gasteiger partial charge in [-0.15, -0.1) is 11.3 Å². The molecule has 2 aliphatic carbocycles. The summed E-state index contributed by atoms with van der Waals surface area (Å²) in [6.45, 7) is -0.116. The lowest BCUT2D eigenvalue weighted by Gasteiger charge is -2.37.